The molecule has 6 unspecified atom stereocenters. The molecule has 4 rings (SSSR count). The molecule has 2 saturated heterocycles. The molecule has 0 bridgehead atoms. The van der Waals surface area contributed by atoms with Crippen molar-refractivity contribution in [1.82, 2.24) is 0 Å². The van der Waals surface area contributed by atoms with Crippen molar-refractivity contribution < 1.29 is 43.1 Å². The first-order valence-electron chi connectivity index (χ1n) is 14.8. The van der Waals surface area contributed by atoms with Gasteiger partial charge in [-0.05, 0) is 82.1 Å². The van der Waals surface area contributed by atoms with Crippen molar-refractivity contribution >= 4 is 5.97 Å². The Balaban J connectivity index is 1.40. The number of alkyl halides is 1. The van der Waals surface area contributed by atoms with E-state index in [0.717, 1.165) is 38.5 Å². The van der Waals surface area contributed by atoms with Gasteiger partial charge in [0.2, 0.25) is 0 Å². The van der Waals surface area contributed by atoms with Crippen LogP contribution in [0.2, 0.25) is 0 Å². The summed E-state index contributed by atoms with van der Waals surface area (Å²) < 4.78 is 44.1. The van der Waals surface area contributed by atoms with Gasteiger partial charge in [0.05, 0.1) is 24.7 Å². The molecular weight excluding hydrogens is 531 g/mol. The van der Waals surface area contributed by atoms with Crippen molar-refractivity contribution in [3.63, 3.8) is 0 Å². The van der Waals surface area contributed by atoms with Crippen LogP contribution in [0.15, 0.2) is 60.4 Å². The second-order valence-corrected chi connectivity index (χ2v) is 11.0. The SMILES string of the molecule is CC(/C=C/[C@H]1C([16O]C2CCCCO2)CC(O)[C@@H]1CC=C=CCC(F)(Oc1ccccc1)C(=O)O)[16O]C1CCCCO1. The molecule has 3 aliphatic rings. The minimum atomic E-state index is -2.92. The predicted octanol–water partition coefficient (Wildman–Crippen LogP) is 5.70. The molecule has 1 aromatic carbocycles. The Morgan fingerprint density at radius 1 is 1.12 bits per heavy atom. The van der Waals surface area contributed by atoms with Crippen molar-refractivity contribution in [2.75, 3.05) is 13.2 Å². The second kappa shape index (κ2) is 15.6. The molecule has 1 aromatic rings. The van der Waals surface area contributed by atoms with Crippen molar-refractivity contribution in [1.29, 1.82) is 0 Å². The van der Waals surface area contributed by atoms with Crippen molar-refractivity contribution in [2.45, 2.75) is 101 Å². The summed E-state index contributed by atoms with van der Waals surface area (Å²) in [5, 5.41) is 20.4. The molecule has 0 spiro atoms. The number of rotatable bonds is 13. The Hall–Kier alpha value is -2.52. The maximum Gasteiger partial charge on any atom is 0.382 e. The molecule has 1 saturated carbocycles. The van der Waals surface area contributed by atoms with E-state index in [-0.39, 0.29) is 42.4 Å². The molecule has 8 atom stereocenters. The Morgan fingerprint density at radius 3 is 2.49 bits per heavy atom. The van der Waals surface area contributed by atoms with Gasteiger partial charge in [-0.2, -0.15) is 4.39 Å². The van der Waals surface area contributed by atoms with Crippen LogP contribution < -0.4 is 4.74 Å². The summed E-state index contributed by atoms with van der Waals surface area (Å²) in [5.74, 6) is -4.78. The van der Waals surface area contributed by atoms with Crippen LogP contribution in [0.25, 0.3) is 0 Å². The van der Waals surface area contributed by atoms with E-state index in [0.29, 0.717) is 26.1 Å². The van der Waals surface area contributed by atoms with E-state index >= 15 is 4.39 Å². The van der Waals surface area contributed by atoms with Gasteiger partial charge < -0.3 is 33.9 Å². The number of hydrogen-bond acceptors (Lipinski definition) is 7. The first-order chi connectivity index (χ1) is 19.8. The molecule has 2 N–H and O–H groups in total. The fourth-order valence-corrected chi connectivity index (χ4v) is 5.56. The van der Waals surface area contributed by atoms with Crippen LogP contribution in [0.1, 0.15) is 64.7 Å². The smallest absolute Gasteiger partial charge is 0.382 e. The van der Waals surface area contributed by atoms with Crippen LogP contribution in [0.3, 0.4) is 0 Å². The number of benzene rings is 1. The van der Waals surface area contributed by atoms with Crippen molar-refractivity contribution in [2.24, 2.45) is 11.8 Å². The monoisotopic (exact) mass is 574 g/mol. The molecule has 1 aliphatic carbocycles. The van der Waals surface area contributed by atoms with E-state index in [1.807, 2.05) is 13.0 Å². The normalized spacial score (nSPS) is 30.7. The molecule has 0 aromatic heterocycles. The Labute approximate surface area is 241 Å². The number of carbonyl (C=O) groups is 1. The standard InChI is InChI=1S/C32H43FO8/c1-23(39-29-15-7-10-20-37-29)17-18-26-25(27(34)22-28(26)40-30-16-8-11-21-38-30)14-6-3-9-19-32(33,31(35)36)41-24-12-4-2-5-13-24/h2,4-6,9,12-13,17-18,23,25-30,34H,7-8,10-11,14-16,19-22H2,1H3,(H,35,36)/b18-17+/t3?,23?,25-,26-,27?,28?,29?,30?,32?/m1/s1/i39+0,40+0. The van der Waals surface area contributed by atoms with Crippen LogP contribution in [-0.2, 0) is 23.7 Å². The summed E-state index contributed by atoms with van der Waals surface area (Å²) in [6.07, 6.45) is 11.9. The lowest BCUT2D eigenvalue weighted by atomic mass is 9.90. The van der Waals surface area contributed by atoms with Crippen LogP contribution in [0.4, 0.5) is 4.39 Å². The van der Waals surface area contributed by atoms with E-state index in [1.54, 1.807) is 24.3 Å². The second-order valence-electron chi connectivity index (χ2n) is 11.0. The Bertz CT molecular complexity index is 1030. The minimum absolute atomic E-state index is 0.104. The maximum absolute atomic E-state index is 15.1. The third kappa shape index (κ3) is 9.50. The average Bonchev–Trinajstić information content (AvgIpc) is 3.26. The van der Waals surface area contributed by atoms with Gasteiger partial charge in [-0.1, -0.05) is 30.4 Å². The highest BCUT2D eigenvalue weighted by Crippen LogP contribution is 2.39. The molecule has 2 aliphatic heterocycles. The molecular formula is C32H43FO8. The molecule has 2 heterocycles. The van der Waals surface area contributed by atoms with Gasteiger partial charge in [-0.3, -0.25) is 0 Å². The first-order valence-corrected chi connectivity index (χ1v) is 14.8. The summed E-state index contributed by atoms with van der Waals surface area (Å²) >= 11 is 0. The van der Waals surface area contributed by atoms with Gasteiger partial charge in [0.1, 0.15) is 5.75 Å². The van der Waals surface area contributed by atoms with Crippen LogP contribution in [-0.4, -0.2) is 66.1 Å². The van der Waals surface area contributed by atoms with E-state index in [1.165, 1.54) is 18.2 Å². The van der Waals surface area contributed by atoms with Crippen molar-refractivity contribution in [3.8, 4) is 5.75 Å². The van der Waals surface area contributed by atoms with Crippen molar-refractivity contribution in [3.05, 3.63) is 60.4 Å². The number of aliphatic carboxylic acids is 1. The lowest BCUT2D eigenvalue weighted by Gasteiger charge is -2.29. The molecule has 0 amide bonds. The van der Waals surface area contributed by atoms with E-state index in [9.17, 15) is 15.0 Å². The zero-order valence-corrected chi connectivity index (χ0v) is 23.7. The van der Waals surface area contributed by atoms with E-state index in [4.69, 9.17) is 23.7 Å². The van der Waals surface area contributed by atoms with Gasteiger partial charge in [-0.25, -0.2) is 4.79 Å². The number of aliphatic hydroxyl groups excluding tert-OH is 1. The van der Waals surface area contributed by atoms with Crippen LogP contribution in [0, 0.1) is 11.8 Å². The topological polar surface area (TPSA) is 104 Å². The van der Waals surface area contributed by atoms with Gasteiger partial charge in [0, 0.05) is 25.6 Å². The van der Waals surface area contributed by atoms with E-state index < -0.39 is 24.3 Å². The third-order valence-electron chi connectivity index (χ3n) is 7.80. The number of para-hydroxylation sites is 1. The number of aliphatic hydroxyl groups is 1. The van der Waals surface area contributed by atoms with E-state index in [2.05, 4.69) is 11.8 Å². The predicted molar refractivity (Wildman–Crippen MR) is 150 cm³/mol. The largest absolute Gasteiger partial charge is 0.476 e. The minimum Gasteiger partial charge on any atom is -0.476 e. The zero-order valence-electron chi connectivity index (χ0n) is 23.7. The number of ether oxygens (including phenoxy) is 5. The number of halogens is 1. The van der Waals surface area contributed by atoms with Gasteiger partial charge in [0.25, 0.3) is 0 Å². The summed E-state index contributed by atoms with van der Waals surface area (Å²) in [4.78, 5) is 11.6. The van der Waals surface area contributed by atoms with Crippen LogP contribution >= 0.6 is 0 Å². The first kappa shape index (κ1) is 31.4. The molecule has 41 heavy (non-hydrogen) atoms. The summed E-state index contributed by atoms with van der Waals surface area (Å²) in [6, 6.07) is 8.00. The lowest BCUT2D eigenvalue weighted by molar-refractivity contribution is -0.193. The number of hydrogen-bond donors (Lipinski definition) is 2. The highest BCUT2D eigenvalue weighted by molar-refractivity contribution is 5.76. The van der Waals surface area contributed by atoms with Gasteiger partial charge in [-0.15, -0.1) is 5.73 Å². The summed E-state index contributed by atoms with van der Waals surface area (Å²) in [6.45, 7) is 3.36. The molecule has 8 nitrogen and oxygen atoms in total. The zero-order chi connectivity index (χ0) is 29.1. The van der Waals surface area contributed by atoms with Gasteiger partial charge >= 0.3 is 11.8 Å². The highest BCUT2D eigenvalue weighted by atomic mass is 19.2. The van der Waals surface area contributed by atoms with Crippen LogP contribution in [0.5, 0.6) is 5.75 Å². The molecule has 0 radical (unpaired) electrons. The molecule has 3 fully saturated rings. The average molecular weight is 575 g/mol. The van der Waals surface area contributed by atoms with Gasteiger partial charge in [0.15, 0.2) is 12.6 Å². The highest BCUT2D eigenvalue weighted by Gasteiger charge is 2.43. The summed E-state index contributed by atoms with van der Waals surface area (Å²) in [5.41, 5.74) is 2.89. The summed E-state index contributed by atoms with van der Waals surface area (Å²) in [7, 11) is 0. The fourth-order valence-electron chi connectivity index (χ4n) is 5.56. The number of carboxylic acid groups (broad SMARTS) is 1. The Kier molecular flexibility index (Phi) is 12.0. The molecule has 9 heteroatoms. The quantitative estimate of drug-likeness (QED) is 0.228. The molecule has 226 valence electrons. The fraction of sp³-hybridized carbons (Fsp3) is 0.625. The number of carboxylic acids is 1. The maximum atomic E-state index is 15.1. The Morgan fingerprint density at radius 2 is 1.83 bits per heavy atom. The third-order valence-corrected chi connectivity index (χ3v) is 7.80. The lowest BCUT2D eigenvalue weighted by Crippen LogP contribution is -2.39.